The van der Waals surface area contributed by atoms with Crippen molar-refractivity contribution in [3.63, 3.8) is 0 Å². The van der Waals surface area contributed by atoms with Crippen LogP contribution in [0.2, 0.25) is 0 Å². The van der Waals surface area contributed by atoms with E-state index in [0.29, 0.717) is 0 Å². The van der Waals surface area contributed by atoms with Crippen LogP contribution in [0, 0.1) is 5.92 Å². The van der Waals surface area contributed by atoms with Crippen LogP contribution in [0.25, 0.3) is 0 Å². The highest BCUT2D eigenvalue weighted by Gasteiger charge is 2.24. The fraction of sp³-hybridized carbons (Fsp3) is 0.500. The van der Waals surface area contributed by atoms with Crippen molar-refractivity contribution < 1.29 is 4.79 Å². The number of hydrogen-bond acceptors (Lipinski definition) is 1. The first-order valence-electron chi connectivity index (χ1n) is 4.32. The van der Waals surface area contributed by atoms with E-state index in [2.05, 4.69) is 6.58 Å². The lowest BCUT2D eigenvalue weighted by Gasteiger charge is -2.17. The molecule has 12 heavy (non-hydrogen) atoms. The smallest absolute Gasteiger partial charge is 0.214 e. The van der Waals surface area contributed by atoms with E-state index < -0.39 is 0 Å². The van der Waals surface area contributed by atoms with E-state index in [4.69, 9.17) is 0 Å². The molecule has 1 amide bonds. The van der Waals surface area contributed by atoms with Crippen molar-refractivity contribution in [3.05, 3.63) is 24.4 Å². The number of rotatable bonds is 5. The van der Waals surface area contributed by atoms with Crippen molar-refractivity contribution in [3.8, 4) is 0 Å². The van der Waals surface area contributed by atoms with Gasteiger partial charge in [0.1, 0.15) is 0 Å². The molecule has 0 aromatic carbocycles. The van der Waals surface area contributed by atoms with Gasteiger partial charge in [-0.2, -0.15) is 0 Å². The Morgan fingerprint density at radius 2 is 2.33 bits per heavy atom. The summed E-state index contributed by atoms with van der Waals surface area (Å²) < 4.78 is 0. The van der Waals surface area contributed by atoms with Crippen LogP contribution in [0.1, 0.15) is 19.8 Å². The maximum Gasteiger partial charge on any atom is 0.214 e. The van der Waals surface area contributed by atoms with Crippen molar-refractivity contribution in [2.24, 2.45) is 5.92 Å². The van der Waals surface area contributed by atoms with Crippen LogP contribution in [-0.4, -0.2) is 17.9 Å². The van der Waals surface area contributed by atoms with Crippen LogP contribution in [0.3, 0.4) is 0 Å². The summed E-state index contributed by atoms with van der Waals surface area (Å²) in [6.45, 7) is 6.43. The molecule has 0 unspecified atom stereocenters. The molecule has 0 aromatic rings. The molecule has 0 N–H and O–H groups in total. The topological polar surface area (TPSA) is 20.3 Å². The quantitative estimate of drug-likeness (QED) is 0.450. The molecule has 0 spiro atoms. The fourth-order valence-corrected chi connectivity index (χ4v) is 1.19. The second kappa shape index (κ2) is 4.10. The predicted octanol–water partition coefficient (Wildman–Crippen LogP) is 1.94. The second-order valence-corrected chi connectivity index (χ2v) is 3.12. The maximum absolute atomic E-state index is 10.7. The summed E-state index contributed by atoms with van der Waals surface area (Å²) in [6, 6.07) is 0. The van der Waals surface area contributed by atoms with Crippen LogP contribution in [0.15, 0.2) is 24.4 Å². The third-order valence-corrected chi connectivity index (χ3v) is 2.12. The first kappa shape index (κ1) is 9.04. The van der Waals surface area contributed by atoms with Crippen LogP contribution in [0.4, 0.5) is 0 Å². The van der Waals surface area contributed by atoms with Crippen molar-refractivity contribution >= 4 is 6.41 Å². The third-order valence-electron chi connectivity index (χ3n) is 2.12. The molecule has 0 saturated heterocycles. The minimum absolute atomic E-state index is 0.727. The summed E-state index contributed by atoms with van der Waals surface area (Å²) in [5.41, 5.74) is 0.914. The predicted molar refractivity (Wildman–Crippen MR) is 49.4 cm³/mol. The highest BCUT2D eigenvalue weighted by Crippen LogP contribution is 2.30. The zero-order valence-corrected chi connectivity index (χ0v) is 7.49. The molecule has 2 nitrogen and oxygen atoms in total. The van der Waals surface area contributed by atoms with E-state index in [1.807, 2.05) is 13.0 Å². The van der Waals surface area contributed by atoms with Gasteiger partial charge in [0.25, 0.3) is 0 Å². The summed E-state index contributed by atoms with van der Waals surface area (Å²) in [5.74, 6) is 0.727. The first-order valence-corrected chi connectivity index (χ1v) is 4.32. The molecular formula is C10H15NO. The number of nitrogens with zero attached hydrogens (tertiary/aromatic N) is 1. The minimum Gasteiger partial charge on any atom is -0.315 e. The molecule has 0 radical (unpaired) electrons. The molecule has 0 heterocycles. The van der Waals surface area contributed by atoms with Crippen LogP contribution in [-0.2, 0) is 4.79 Å². The Bertz CT molecular complexity index is 204. The molecule has 1 saturated carbocycles. The van der Waals surface area contributed by atoms with Gasteiger partial charge in [0.15, 0.2) is 0 Å². The second-order valence-electron chi connectivity index (χ2n) is 3.12. The molecular weight excluding hydrogens is 150 g/mol. The summed E-state index contributed by atoms with van der Waals surface area (Å²) in [6.07, 6.45) is 7.03. The van der Waals surface area contributed by atoms with Crippen LogP contribution < -0.4 is 0 Å². The van der Waals surface area contributed by atoms with Gasteiger partial charge >= 0.3 is 0 Å². The van der Waals surface area contributed by atoms with Crippen molar-refractivity contribution in [1.29, 1.82) is 0 Å². The molecule has 0 aromatic heterocycles. The van der Waals surface area contributed by atoms with Gasteiger partial charge in [0, 0.05) is 12.2 Å². The standard InChI is InChI=1S/C10H15NO/c1-3-10(4-2)11(8-12)7-9-5-6-9/h3-4,8-9H,1,5-7H2,2H3/b10-4+. The third kappa shape index (κ3) is 2.22. The summed E-state index contributed by atoms with van der Waals surface area (Å²) in [7, 11) is 0. The highest BCUT2D eigenvalue weighted by atomic mass is 16.1. The van der Waals surface area contributed by atoms with E-state index in [1.165, 1.54) is 12.8 Å². The van der Waals surface area contributed by atoms with E-state index in [1.54, 1.807) is 11.0 Å². The number of allylic oxidation sites excluding steroid dienone is 2. The van der Waals surface area contributed by atoms with Crippen molar-refractivity contribution in [1.82, 2.24) is 4.90 Å². The SMILES string of the molecule is C=C/C(=C\C)N(C=O)CC1CC1. The number of carbonyl (C=O) groups excluding carboxylic acids is 1. The van der Waals surface area contributed by atoms with Crippen molar-refractivity contribution in [2.75, 3.05) is 6.54 Å². The Morgan fingerprint density at radius 3 is 2.67 bits per heavy atom. The molecule has 1 rings (SSSR count). The largest absolute Gasteiger partial charge is 0.315 e. The average molecular weight is 165 g/mol. The van der Waals surface area contributed by atoms with Gasteiger partial charge in [-0.15, -0.1) is 0 Å². The zero-order chi connectivity index (χ0) is 8.97. The molecule has 1 aliphatic carbocycles. The van der Waals surface area contributed by atoms with Gasteiger partial charge in [-0.1, -0.05) is 12.7 Å². The van der Waals surface area contributed by atoms with E-state index in [0.717, 1.165) is 24.6 Å². The molecule has 1 fully saturated rings. The van der Waals surface area contributed by atoms with Crippen molar-refractivity contribution in [2.45, 2.75) is 19.8 Å². The van der Waals surface area contributed by atoms with Gasteiger partial charge in [0.05, 0.1) is 0 Å². The molecule has 2 heteroatoms. The van der Waals surface area contributed by atoms with Gasteiger partial charge in [-0.25, -0.2) is 0 Å². The van der Waals surface area contributed by atoms with Gasteiger partial charge in [-0.3, -0.25) is 4.79 Å². The number of amides is 1. The van der Waals surface area contributed by atoms with Gasteiger partial charge in [-0.05, 0) is 31.8 Å². The Hall–Kier alpha value is -1.05. The summed E-state index contributed by atoms with van der Waals surface area (Å²) >= 11 is 0. The van der Waals surface area contributed by atoms with Gasteiger partial charge in [0.2, 0.25) is 6.41 Å². The normalized spacial score (nSPS) is 17.2. The maximum atomic E-state index is 10.7. The molecule has 1 aliphatic rings. The lowest BCUT2D eigenvalue weighted by molar-refractivity contribution is -0.116. The minimum atomic E-state index is 0.727. The number of hydrogen-bond donors (Lipinski definition) is 0. The Labute approximate surface area is 73.6 Å². The molecule has 0 aliphatic heterocycles. The summed E-state index contributed by atoms with van der Waals surface area (Å²) in [4.78, 5) is 12.4. The Kier molecular flexibility index (Phi) is 3.09. The average Bonchev–Trinajstić information content (AvgIpc) is 2.88. The van der Waals surface area contributed by atoms with E-state index >= 15 is 0 Å². The summed E-state index contributed by atoms with van der Waals surface area (Å²) in [5, 5.41) is 0. The van der Waals surface area contributed by atoms with Crippen LogP contribution in [0.5, 0.6) is 0 Å². The fourth-order valence-electron chi connectivity index (χ4n) is 1.19. The van der Waals surface area contributed by atoms with E-state index in [-0.39, 0.29) is 0 Å². The lowest BCUT2D eigenvalue weighted by atomic mass is 10.3. The van der Waals surface area contributed by atoms with Crippen LogP contribution >= 0.6 is 0 Å². The monoisotopic (exact) mass is 165 g/mol. The molecule has 0 bridgehead atoms. The van der Waals surface area contributed by atoms with Gasteiger partial charge < -0.3 is 4.90 Å². The highest BCUT2D eigenvalue weighted by molar-refractivity contribution is 5.52. The lowest BCUT2D eigenvalue weighted by Crippen LogP contribution is -2.22. The van der Waals surface area contributed by atoms with E-state index in [9.17, 15) is 4.79 Å². The Morgan fingerprint density at radius 1 is 1.67 bits per heavy atom. The molecule has 0 atom stereocenters. The number of carbonyl (C=O) groups is 1. The zero-order valence-electron chi connectivity index (χ0n) is 7.49. The Balaban J connectivity index is 2.51. The first-order chi connectivity index (χ1) is 5.81. The molecule has 66 valence electrons.